The molecule has 19 heavy (non-hydrogen) atoms. The fraction of sp³-hybridized carbons (Fsp3) is 0.300. The number of esters is 1. The quantitative estimate of drug-likeness (QED) is 0.490. The third kappa shape index (κ3) is 2.94. The van der Waals surface area contributed by atoms with Gasteiger partial charge in [0.2, 0.25) is 0 Å². The lowest BCUT2D eigenvalue weighted by atomic mass is 10.1. The van der Waals surface area contributed by atoms with Gasteiger partial charge in [0.1, 0.15) is 5.69 Å². The number of nitro groups is 2. The van der Waals surface area contributed by atoms with Crippen LogP contribution in [-0.4, -0.2) is 29.5 Å². The fourth-order valence-electron chi connectivity index (χ4n) is 1.49. The zero-order valence-corrected chi connectivity index (χ0v) is 10.2. The fourth-order valence-corrected chi connectivity index (χ4v) is 1.49. The molecule has 1 rings (SSSR count). The molecule has 0 amide bonds. The number of nitrogens with one attached hydrogen (secondary N) is 1. The topological polar surface area (TPSA) is 125 Å². The van der Waals surface area contributed by atoms with Gasteiger partial charge in [0.25, 0.3) is 11.4 Å². The molecular weight excluding hydrogens is 258 g/mol. The molecule has 0 heterocycles. The molecule has 0 radical (unpaired) electrons. The van der Waals surface area contributed by atoms with Crippen LogP contribution in [0, 0.1) is 20.2 Å². The first kappa shape index (κ1) is 14.4. The van der Waals surface area contributed by atoms with Crippen molar-refractivity contribution in [3.8, 4) is 0 Å². The molecule has 0 aliphatic carbocycles. The zero-order chi connectivity index (χ0) is 14.6. The lowest BCUT2D eigenvalue weighted by molar-refractivity contribution is -0.393. The largest absolute Gasteiger partial charge is 0.465 e. The van der Waals surface area contributed by atoms with E-state index in [0.29, 0.717) is 6.54 Å². The van der Waals surface area contributed by atoms with E-state index in [1.165, 1.54) is 0 Å². The van der Waals surface area contributed by atoms with Crippen molar-refractivity contribution in [2.45, 2.75) is 6.92 Å². The smallest absolute Gasteiger partial charge is 0.340 e. The first-order valence-electron chi connectivity index (χ1n) is 5.21. The third-order valence-electron chi connectivity index (χ3n) is 2.27. The summed E-state index contributed by atoms with van der Waals surface area (Å²) in [5.74, 6) is -0.886. The third-order valence-corrected chi connectivity index (χ3v) is 2.27. The standard InChI is InChI=1S/C10H11N3O6/c1-3-11-9-7(10(14)19-2)4-6(12(15)16)5-8(9)13(17)18/h4-5,11H,3H2,1-2H3. The van der Waals surface area contributed by atoms with Crippen molar-refractivity contribution in [1.29, 1.82) is 0 Å². The van der Waals surface area contributed by atoms with E-state index in [1.807, 2.05) is 0 Å². The summed E-state index contributed by atoms with van der Waals surface area (Å²) in [5.41, 5.74) is -1.43. The van der Waals surface area contributed by atoms with Crippen molar-refractivity contribution in [1.82, 2.24) is 0 Å². The number of ether oxygens (including phenoxy) is 1. The molecule has 0 spiro atoms. The number of methoxy groups -OCH3 is 1. The van der Waals surface area contributed by atoms with Gasteiger partial charge in [-0.3, -0.25) is 20.2 Å². The molecule has 0 fully saturated rings. The predicted octanol–water partition coefficient (Wildman–Crippen LogP) is 1.72. The maximum atomic E-state index is 11.6. The number of nitrogens with zero attached hydrogens (tertiary/aromatic N) is 2. The maximum Gasteiger partial charge on any atom is 0.340 e. The van der Waals surface area contributed by atoms with Gasteiger partial charge in [-0.2, -0.15) is 0 Å². The number of anilines is 1. The van der Waals surface area contributed by atoms with E-state index in [4.69, 9.17) is 0 Å². The van der Waals surface area contributed by atoms with Crippen LogP contribution < -0.4 is 5.32 Å². The highest BCUT2D eigenvalue weighted by atomic mass is 16.6. The van der Waals surface area contributed by atoms with Gasteiger partial charge in [-0.15, -0.1) is 0 Å². The van der Waals surface area contributed by atoms with Crippen LogP contribution in [0.25, 0.3) is 0 Å². The highest BCUT2D eigenvalue weighted by Gasteiger charge is 2.27. The summed E-state index contributed by atoms with van der Waals surface area (Å²) >= 11 is 0. The number of carbonyl (C=O) groups is 1. The molecule has 1 aromatic carbocycles. The van der Waals surface area contributed by atoms with Crippen LogP contribution in [0.15, 0.2) is 12.1 Å². The molecule has 9 heteroatoms. The molecular formula is C10H11N3O6. The van der Waals surface area contributed by atoms with Gasteiger partial charge in [-0.25, -0.2) is 4.79 Å². The number of nitro benzene ring substituents is 2. The van der Waals surface area contributed by atoms with Crippen molar-refractivity contribution in [3.63, 3.8) is 0 Å². The predicted molar refractivity (Wildman–Crippen MR) is 65.3 cm³/mol. The zero-order valence-electron chi connectivity index (χ0n) is 10.2. The summed E-state index contributed by atoms with van der Waals surface area (Å²) in [7, 11) is 1.09. The average molecular weight is 269 g/mol. The summed E-state index contributed by atoms with van der Waals surface area (Å²) in [5, 5.41) is 24.3. The monoisotopic (exact) mass is 269 g/mol. The van der Waals surface area contributed by atoms with Gasteiger partial charge in [0, 0.05) is 12.6 Å². The first-order valence-corrected chi connectivity index (χ1v) is 5.21. The second-order valence-electron chi connectivity index (χ2n) is 3.42. The van der Waals surface area contributed by atoms with Crippen molar-refractivity contribution in [2.75, 3.05) is 19.0 Å². The van der Waals surface area contributed by atoms with Crippen LogP contribution in [0.1, 0.15) is 17.3 Å². The molecule has 1 aromatic rings. The molecule has 0 saturated heterocycles. The highest BCUT2D eigenvalue weighted by molar-refractivity contribution is 5.99. The normalized spacial score (nSPS) is 9.79. The second kappa shape index (κ2) is 5.76. The molecule has 1 N–H and O–H groups in total. The van der Waals surface area contributed by atoms with E-state index < -0.39 is 27.2 Å². The Morgan fingerprint density at radius 2 is 1.95 bits per heavy atom. The van der Waals surface area contributed by atoms with Gasteiger partial charge >= 0.3 is 5.97 Å². The van der Waals surface area contributed by atoms with Gasteiger partial charge in [-0.05, 0) is 6.92 Å². The first-order chi connectivity index (χ1) is 8.92. The molecule has 0 bridgehead atoms. The number of rotatable bonds is 5. The molecule has 102 valence electrons. The number of carbonyl (C=O) groups excluding carboxylic acids is 1. The van der Waals surface area contributed by atoms with Gasteiger partial charge < -0.3 is 10.1 Å². The van der Waals surface area contributed by atoms with E-state index in [-0.39, 0.29) is 11.3 Å². The summed E-state index contributed by atoms with van der Waals surface area (Å²) < 4.78 is 4.47. The van der Waals surface area contributed by atoms with Crippen molar-refractivity contribution >= 4 is 23.0 Å². The van der Waals surface area contributed by atoms with Crippen LogP contribution in [0.5, 0.6) is 0 Å². The Hall–Kier alpha value is -2.71. The van der Waals surface area contributed by atoms with E-state index in [1.54, 1.807) is 6.92 Å². The minimum absolute atomic E-state index is 0.0926. The summed E-state index contributed by atoms with van der Waals surface area (Å²) in [4.78, 5) is 31.6. The molecule has 9 nitrogen and oxygen atoms in total. The SMILES string of the molecule is CCNc1c(C(=O)OC)cc([N+](=O)[O-])cc1[N+](=O)[O-]. The number of benzene rings is 1. The minimum atomic E-state index is -0.886. The lowest BCUT2D eigenvalue weighted by Crippen LogP contribution is -2.11. The minimum Gasteiger partial charge on any atom is -0.465 e. The summed E-state index contributed by atoms with van der Waals surface area (Å²) in [6.45, 7) is 1.98. The van der Waals surface area contributed by atoms with Gasteiger partial charge in [0.15, 0.2) is 0 Å². The molecule has 0 aliphatic heterocycles. The molecule has 0 aromatic heterocycles. The van der Waals surface area contributed by atoms with Crippen LogP contribution in [0.4, 0.5) is 17.1 Å². The van der Waals surface area contributed by atoms with E-state index in [9.17, 15) is 25.0 Å². The molecule has 0 atom stereocenters. The molecule has 0 saturated carbocycles. The van der Waals surface area contributed by atoms with Crippen molar-refractivity contribution in [3.05, 3.63) is 37.9 Å². The van der Waals surface area contributed by atoms with Gasteiger partial charge in [-0.1, -0.05) is 0 Å². The Morgan fingerprint density at radius 1 is 1.32 bits per heavy atom. The van der Waals surface area contributed by atoms with E-state index in [2.05, 4.69) is 10.1 Å². The average Bonchev–Trinajstić information content (AvgIpc) is 2.37. The van der Waals surface area contributed by atoms with E-state index >= 15 is 0 Å². The van der Waals surface area contributed by atoms with E-state index in [0.717, 1.165) is 19.2 Å². The maximum absolute atomic E-state index is 11.6. The summed E-state index contributed by atoms with van der Waals surface area (Å²) in [6, 6.07) is 1.74. The number of hydrogen-bond acceptors (Lipinski definition) is 7. The Balaban J connectivity index is 3.59. The van der Waals surface area contributed by atoms with Crippen LogP contribution in [-0.2, 0) is 4.74 Å². The number of hydrogen-bond donors (Lipinski definition) is 1. The van der Waals surface area contributed by atoms with Crippen LogP contribution in [0.2, 0.25) is 0 Å². The van der Waals surface area contributed by atoms with Crippen molar-refractivity contribution in [2.24, 2.45) is 0 Å². The second-order valence-corrected chi connectivity index (χ2v) is 3.42. The Labute approximate surface area is 107 Å². The number of non-ortho nitro benzene ring substituents is 1. The lowest BCUT2D eigenvalue weighted by Gasteiger charge is -2.09. The Bertz CT molecular complexity index is 542. The molecule has 0 aliphatic rings. The Morgan fingerprint density at radius 3 is 2.37 bits per heavy atom. The van der Waals surface area contributed by atoms with Crippen LogP contribution >= 0.6 is 0 Å². The summed E-state index contributed by atoms with van der Waals surface area (Å²) in [6.07, 6.45) is 0. The Kier molecular flexibility index (Phi) is 4.35. The van der Waals surface area contributed by atoms with Crippen LogP contribution in [0.3, 0.4) is 0 Å². The highest BCUT2D eigenvalue weighted by Crippen LogP contribution is 2.33. The van der Waals surface area contributed by atoms with Crippen molar-refractivity contribution < 1.29 is 19.4 Å². The molecule has 0 unspecified atom stereocenters. The van der Waals surface area contributed by atoms with Gasteiger partial charge in [0.05, 0.1) is 28.6 Å².